The fourth-order valence-corrected chi connectivity index (χ4v) is 3.97. The van der Waals surface area contributed by atoms with E-state index in [1.807, 2.05) is 32.0 Å². The van der Waals surface area contributed by atoms with E-state index in [-0.39, 0.29) is 10.8 Å². The maximum Gasteiger partial charge on any atom is 0.261 e. The maximum absolute atomic E-state index is 12.3. The van der Waals surface area contributed by atoms with Crippen LogP contribution in [0.2, 0.25) is 0 Å². The summed E-state index contributed by atoms with van der Waals surface area (Å²) in [6, 6.07) is 20.3. The second-order valence-electron chi connectivity index (χ2n) is 6.87. The number of sulfonamides is 1. The summed E-state index contributed by atoms with van der Waals surface area (Å²) >= 11 is 0. The quantitative estimate of drug-likeness (QED) is 0.537. The molecule has 0 aromatic heterocycles. The van der Waals surface area contributed by atoms with E-state index in [2.05, 4.69) is 10.0 Å². The van der Waals surface area contributed by atoms with Crippen LogP contribution in [-0.4, -0.2) is 27.5 Å². The standard InChI is InChI=1S/C23H24N2O4S/c1-17-8-13-22(18(2)16-17)29-15-14-24-23(26)19-9-11-20(12-10-19)25-30(27,28)21-6-4-3-5-7-21/h3-13,16,25H,14-15H2,1-2H3,(H,24,26). The lowest BCUT2D eigenvalue weighted by molar-refractivity contribution is 0.0947. The molecule has 0 aliphatic carbocycles. The third kappa shape index (κ3) is 5.61. The van der Waals surface area contributed by atoms with Crippen LogP contribution >= 0.6 is 0 Å². The fourth-order valence-electron chi connectivity index (χ4n) is 2.89. The minimum absolute atomic E-state index is 0.177. The van der Waals surface area contributed by atoms with Gasteiger partial charge in [-0.25, -0.2) is 8.42 Å². The predicted molar refractivity (Wildman–Crippen MR) is 117 cm³/mol. The number of carbonyl (C=O) groups is 1. The highest BCUT2D eigenvalue weighted by molar-refractivity contribution is 7.92. The Morgan fingerprint density at radius 3 is 2.30 bits per heavy atom. The van der Waals surface area contributed by atoms with E-state index in [0.717, 1.165) is 11.3 Å². The molecule has 3 rings (SSSR count). The normalized spacial score (nSPS) is 11.0. The van der Waals surface area contributed by atoms with E-state index in [1.165, 1.54) is 17.7 Å². The van der Waals surface area contributed by atoms with Crippen LogP contribution in [0.3, 0.4) is 0 Å². The Kier molecular flexibility index (Phi) is 6.74. The van der Waals surface area contributed by atoms with Crippen LogP contribution < -0.4 is 14.8 Å². The van der Waals surface area contributed by atoms with Gasteiger partial charge in [-0.05, 0) is 61.9 Å². The number of amides is 1. The van der Waals surface area contributed by atoms with Crippen LogP contribution in [0.5, 0.6) is 5.75 Å². The number of rotatable bonds is 8. The molecule has 3 aromatic rings. The van der Waals surface area contributed by atoms with Gasteiger partial charge in [0.1, 0.15) is 12.4 Å². The zero-order chi connectivity index (χ0) is 21.6. The first-order valence-electron chi connectivity index (χ1n) is 9.51. The van der Waals surface area contributed by atoms with Gasteiger partial charge in [-0.3, -0.25) is 9.52 Å². The van der Waals surface area contributed by atoms with Crippen molar-refractivity contribution in [1.82, 2.24) is 5.32 Å². The number of ether oxygens (including phenoxy) is 1. The van der Waals surface area contributed by atoms with Gasteiger partial charge in [0.15, 0.2) is 0 Å². The molecule has 0 unspecified atom stereocenters. The Bertz CT molecular complexity index is 1110. The van der Waals surface area contributed by atoms with Crippen molar-refractivity contribution in [3.8, 4) is 5.75 Å². The highest BCUT2D eigenvalue weighted by Crippen LogP contribution is 2.19. The Labute approximate surface area is 177 Å². The van der Waals surface area contributed by atoms with Crippen molar-refractivity contribution in [3.05, 3.63) is 89.5 Å². The molecule has 0 spiro atoms. The first-order valence-corrected chi connectivity index (χ1v) is 11.0. The van der Waals surface area contributed by atoms with Crippen LogP contribution in [0.15, 0.2) is 77.7 Å². The molecule has 0 atom stereocenters. The van der Waals surface area contributed by atoms with E-state index in [0.29, 0.717) is 24.4 Å². The fraction of sp³-hybridized carbons (Fsp3) is 0.174. The van der Waals surface area contributed by atoms with E-state index in [9.17, 15) is 13.2 Å². The Morgan fingerprint density at radius 2 is 1.63 bits per heavy atom. The van der Waals surface area contributed by atoms with Gasteiger partial charge in [-0.1, -0.05) is 35.9 Å². The number of hydrogen-bond donors (Lipinski definition) is 2. The smallest absolute Gasteiger partial charge is 0.261 e. The van der Waals surface area contributed by atoms with Crippen molar-refractivity contribution in [2.45, 2.75) is 18.7 Å². The van der Waals surface area contributed by atoms with Gasteiger partial charge >= 0.3 is 0 Å². The van der Waals surface area contributed by atoms with Gasteiger partial charge < -0.3 is 10.1 Å². The zero-order valence-corrected chi connectivity index (χ0v) is 17.7. The van der Waals surface area contributed by atoms with E-state index >= 15 is 0 Å². The van der Waals surface area contributed by atoms with Crippen molar-refractivity contribution in [1.29, 1.82) is 0 Å². The largest absolute Gasteiger partial charge is 0.491 e. The van der Waals surface area contributed by atoms with Crippen molar-refractivity contribution >= 4 is 21.6 Å². The van der Waals surface area contributed by atoms with Crippen LogP contribution in [-0.2, 0) is 10.0 Å². The molecule has 0 aliphatic rings. The molecule has 1 amide bonds. The molecule has 0 heterocycles. The summed E-state index contributed by atoms with van der Waals surface area (Å²) in [5.74, 6) is 0.543. The van der Waals surface area contributed by atoms with E-state index < -0.39 is 10.0 Å². The maximum atomic E-state index is 12.3. The van der Waals surface area contributed by atoms with Crippen molar-refractivity contribution in [3.63, 3.8) is 0 Å². The molecule has 0 saturated heterocycles. The predicted octanol–water partition coefficient (Wildman–Crippen LogP) is 3.91. The average molecular weight is 425 g/mol. The molecule has 30 heavy (non-hydrogen) atoms. The lowest BCUT2D eigenvalue weighted by Gasteiger charge is -2.11. The summed E-state index contributed by atoms with van der Waals surface area (Å²) in [4.78, 5) is 12.5. The van der Waals surface area contributed by atoms with Crippen LogP contribution in [0, 0.1) is 13.8 Å². The molecule has 0 bridgehead atoms. The molecule has 156 valence electrons. The van der Waals surface area contributed by atoms with E-state index in [4.69, 9.17) is 4.74 Å². The zero-order valence-electron chi connectivity index (χ0n) is 16.9. The van der Waals surface area contributed by atoms with Crippen molar-refractivity contribution < 1.29 is 17.9 Å². The molecule has 2 N–H and O–H groups in total. The lowest BCUT2D eigenvalue weighted by atomic mass is 10.1. The summed E-state index contributed by atoms with van der Waals surface area (Å²) in [6.45, 7) is 4.71. The molecule has 0 fully saturated rings. The second-order valence-corrected chi connectivity index (χ2v) is 8.55. The Hall–Kier alpha value is -3.32. The highest BCUT2D eigenvalue weighted by atomic mass is 32.2. The van der Waals surface area contributed by atoms with Crippen LogP contribution in [0.4, 0.5) is 5.69 Å². The summed E-state index contributed by atoms with van der Waals surface area (Å²) in [6.07, 6.45) is 0. The van der Waals surface area contributed by atoms with Crippen LogP contribution in [0.1, 0.15) is 21.5 Å². The van der Waals surface area contributed by atoms with Crippen molar-refractivity contribution in [2.75, 3.05) is 17.9 Å². The van der Waals surface area contributed by atoms with Gasteiger partial charge in [-0.15, -0.1) is 0 Å². The molecular formula is C23H24N2O4S. The summed E-state index contributed by atoms with van der Waals surface area (Å²) in [7, 11) is -3.66. The van der Waals surface area contributed by atoms with Gasteiger partial charge in [-0.2, -0.15) is 0 Å². The molecular weight excluding hydrogens is 400 g/mol. The molecule has 0 aliphatic heterocycles. The molecule has 6 nitrogen and oxygen atoms in total. The first kappa shape index (κ1) is 21.4. The lowest BCUT2D eigenvalue weighted by Crippen LogP contribution is -2.28. The number of anilines is 1. The number of aryl methyl sites for hydroxylation is 2. The second kappa shape index (κ2) is 9.45. The van der Waals surface area contributed by atoms with Gasteiger partial charge in [0.25, 0.3) is 15.9 Å². The van der Waals surface area contributed by atoms with Gasteiger partial charge in [0.05, 0.1) is 11.4 Å². The van der Waals surface area contributed by atoms with Crippen molar-refractivity contribution in [2.24, 2.45) is 0 Å². The van der Waals surface area contributed by atoms with Gasteiger partial charge in [0.2, 0.25) is 0 Å². The summed E-state index contributed by atoms with van der Waals surface area (Å²) in [5, 5.41) is 2.79. The highest BCUT2D eigenvalue weighted by Gasteiger charge is 2.14. The molecule has 7 heteroatoms. The molecule has 0 radical (unpaired) electrons. The number of hydrogen-bond acceptors (Lipinski definition) is 4. The average Bonchev–Trinajstić information content (AvgIpc) is 2.73. The minimum atomic E-state index is -3.66. The third-order valence-corrected chi connectivity index (χ3v) is 5.83. The Balaban J connectivity index is 1.51. The van der Waals surface area contributed by atoms with E-state index in [1.54, 1.807) is 42.5 Å². The monoisotopic (exact) mass is 424 g/mol. The first-order chi connectivity index (χ1) is 14.3. The molecule has 0 saturated carbocycles. The molecule has 3 aromatic carbocycles. The summed E-state index contributed by atoms with van der Waals surface area (Å²) < 4.78 is 32.9. The third-order valence-electron chi connectivity index (χ3n) is 4.43. The van der Waals surface area contributed by atoms with Crippen LogP contribution in [0.25, 0.3) is 0 Å². The minimum Gasteiger partial charge on any atom is -0.491 e. The SMILES string of the molecule is Cc1ccc(OCCNC(=O)c2ccc(NS(=O)(=O)c3ccccc3)cc2)c(C)c1. The number of benzene rings is 3. The topological polar surface area (TPSA) is 84.5 Å². The Morgan fingerprint density at radius 1 is 0.933 bits per heavy atom. The van der Waals surface area contributed by atoms with Gasteiger partial charge in [0, 0.05) is 11.3 Å². The number of nitrogens with one attached hydrogen (secondary N) is 2. The summed E-state index contributed by atoms with van der Waals surface area (Å²) in [5.41, 5.74) is 3.04. The number of carbonyl (C=O) groups excluding carboxylic acids is 1.